The van der Waals surface area contributed by atoms with Gasteiger partial charge in [-0.1, -0.05) is 12.1 Å². The van der Waals surface area contributed by atoms with Gasteiger partial charge in [0.2, 0.25) is 0 Å². The molecular formula is C9H14N2O. The van der Waals surface area contributed by atoms with Crippen molar-refractivity contribution in [3.63, 3.8) is 0 Å². The molecule has 1 aromatic carbocycles. The van der Waals surface area contributed by atoms with Crippen LogP contribution in [0.15, 0.2) is 24.3 Å². The van der Waals surface area contributed by atoms with Gasteiger partial charge in [0.15, 0.2) is 0 Å². The predicted octanol–water partition coefficient (Wildman–Crippen LogP) is 0.478. The molecule has 0 spiro atoms. The second-order valence-corrected chi connectivity index (χ2v) is 2.85. The second-order valence-electron chi connectivity index (χ2n) is 2.85. The van der Waals surface area contributed by atoms with Crippen LogP contribution in [0.2, 0.25) is 0 Å². The van der Waals surface area contributed by atoms with E-state index in [1.807, 2.05) is 24.3 Å². The summed E-state index contributed by atoms with van der Waals surface area (Å²) in [7, 11) is 0. The Bertz CT molecular complexity index is 231. The van der Waals surface area contributed by atoms with Crippen molar-refractivity contribution >= 4 is 5.69 Å². The first-order chi connectivity index (χ1) is 5.68. The lowest BCUT2D eigenvalue weighted by Gasteiger charge is -2.03. The van der Waals surface area contributed by atoms with Crippen LogP contribution in [0.4, 0.5) is 5.69 Å². The van der Waals surface area contributed by atoms with E-state index in [0.717, 1.165) is 17.7 Å². The molecule has 0 aliphatic heterocycles. The van der Waals surface area contributed by atoms with Gasteiger partial charge < -0.3 is 16.6 Å². The lowest BCUT2D eigenvalue weighted by Crippen LogP contribution is -2.19. The molecule has 0 aliphatic rings. The van der Waals surface area contributed by atoms with Crippen molar-refractivity contribution in [1.29, 1.82) is 0 Å². The van der Waals surface area contributed by atoms with Gasteiger partial charge in [0.25, 0.3) is 0 Å². The Morgan fingerprint density at radius 1 is 1.25 bits per heavy atom. The zero-order chi connectivity index (χ0) is 8.97. The molecule has 1 rings (SSSR count). The van der Waals surface area contributed by atoms with Crippen molar-refractivity contribution in [3.05, 3.63) is 29.8 Å². The number of nitrogen functional groups attached to an aromatic ring is 1. The number of aliphatic hydroxyl groups excluding tert-OH is 1. The Hall–Kier alpha value is -1.06. The van der Waals surface area contributed by atoms with Gasteiger partial charge in [-0.2, -0.15) is 0 Å². The van der Waals surface area contributed by atoms with Gasteiger partial charge in [-0.3, -0.25) is 0 Å². The number of hydrogen-bond donors (Lipinski definition) is 3. The van der Waals surface area contributed by atoms with Crippen LogP contribution in [0, 0.1) is 0 Å². The Kier molecular flexibility index (Phi) is 3.08. The number of aliphatic hydroxyl groups is 1. The van der Waals surface area contributed by atoms with Crippen LogP contribution in [0.25, 0.3) is 0 Å². The maximum absolute atomic E-state index is 8.82. The van der Waals surface area contributed by atoms with Crippen molar-refractivity contribution in [1.82, 2.24) is 0 Å². The minimum atomic E-state index is -0.720. The van der Waals surface area contributed by atoms with E-state index < -0.39 is 6.23 Å². The minimum absolute atomic E-state index is 0.587. The van der Waals surface area contributed by atoms with Crippen molar-refractivity contribution < 1.29 is 5.11 Å². The maximum atomic E-state index is 8.82. The summed E-state index contributed by atoms with van der Waals surface area (Å²) in [5, 5.41) is 8.82. The summed E-state index contributed by atoms with van der Waals surface area (Å²) in [6, 6.07) is 7.58. The van der Waals surface area contributed by atoms with Crippen molar-refractivity contribution in [3.8, 4) is 0 Å². The van der Waals surface area contributed by atoms with Crippen LogP contribution < -0.4 is 11.5 Å². The number of hydrogen-bond acceptors (Lipinski definition) is 3. The number of rotatable bonds is 3. The van der Waals surface area contributed by atoms with Crippen LogP contribution in [-0.2, 0) is 6.42 Å². The van der Waals surface area contributed by atoms with Crippen LogP contribution in [0.3, 0.4) is 0 Å². The van der Waals surface area contributed by atoms with E-state index >= 15 is 0 Å². The minimum Gasteiger partial charge on any atom is -0.399 e. The van der Waals surface area contributed by atoms with E-state index in [1.54, 1.807) is 0 Å². The Labute approximate surface area is 72.0 Å². The fraction of sp³-hybridized carbons (Fsp3) is 0.333. The van der Waals surface area contributed by atoms with E-state index in [9.17, 15) is 0 Å². The summed E-state index contributed by atoms with van der Waals surface area (Å²) in [4.78, 5) is 0. The summed E-state index contributed by atoms with van der Waals surface area (Å²) in [5.74, 6) is 0. The highest BCUT2D eigenvalue weighted by atomic mass is 16.3. The number of nitrogens with two attached hydrogens (primary N) is 2. The third kappa shape index (κ3) is 2.90. The highest BCUT2D eigenvalue weighted by Gasteiger charge is 1.97. The van der Waals surface area contributed by atoms with Crippen LogP contribution in [0.1, 0.15) is 12.0 Å². The largest absolute Gasteiger partial charge is 0.399 e. The van der Waals surface area contributed by atoms with Crippen molar-refractivity contribution in [2.75, 3.05) is 5.73 Å². The monoisotopic (exact) mass is 166 g/mol. The summed E-state index contributed by atoms with van der Waals surface area (Å²) >= 11 is 0. The van der Waals surface area contributed by atoms with Gasteiger partial charge in [-0.15, -0.1) is 0 Å². The molecule has 3 nitrogen and oxygen atoms in total. The molecule has 1 atom stereocenters. The lowest BCUT2D eigenvalue weighted by atomic mass is 10.1. The SMILES string of the molecule is Nc1ccc(CCC(N)O)cc1. The van der Waals surface area contributed by atoms with E-state index in [0.29, 0.717) is 6.42 Å². The zero-order valence-electron chi connectivity index (χ0n) is 6.90. The standard InChI is InChI=1S/C9H14N2O/c10-8-4-1-7(2-5-8)3-6-9(11)12/h1-2,4-5,9,12H,3,6,10-11H2. The third-order valence-electron chi connectivity index (χ3n) is 1.71. The highest BCUT2D eigenvalue weighted by molar-refractivity contribution is 5.39. The number of aryl methyl sites for hydroxylation is 1. The lowest BCUT2D eigenvalue weighted by molar-refractivity contribution is 0.172. The fourth-order valence-electron chi connectivity index (χ4n) is 0.999. The summed E-state index contributed by atoms with van der Waals surface area (Å²) in [6.45, 7) is 0. The predicted molar refractivity (Wildman–Crippen MR) is 49.4 cm³/mol. The molecule has 0 saturated carbocycles. The summed E-state index contributed by atoms with van der Waals surface area (Å²) < 4.78 is 0. The maximum Gasteiger partial charge on any atom is 0.102 e. The van der Waals surface area contributed by atoms with Crippen LogP contribution in [0.5, 0.6) is 0 Å². The van der Waals surface area contributed by atoms with E-state index in [4.69, 9.17) is 16.6 Å². The molecule has 0 aliphatic carbocycles. The zero-order valence-corrected chi connectivity index (χ0v) is 6.90. The van der Waals surface area contributed by atoms with E-state index in [2.05, 4.69) is 0 Å². The molecule has 5 N–H and O–H groups in total. The number of benzene rings is 1. The molecule has 0 heterocycles. The van der Waals surface area contributed by atoms with Crippen LogP contribution >= 0.6 is 0 Å². The molecule has 1 unspecified atom stereocenters. The molecule has 0 aromatic heterocycles. The van der Waals surface area contributed by atoms with Gasteiger partial charge in [0.05, 0.1) is 0 Å². The van der Waals surface area contributed by atoms with E-state index in [1.165, 1.54) is 0 Å². The quantitative estimate of drug-likeness (QED) is 0.451. The van der Waals surface area contributed by atoms with Gasteiger partial charge in [0.1, 0.15) is 6.23 Å². The average Bonchev–Trinajstić information content (AvgIpc) is 2.03. The molecule has 0 bridgehead atoms. The second kappa shape index (κ2) is 4.09. The molecule has 3 heteroatoms. The first kappa shape index (κ1) is 9.03. The van der Waals surface area contributed by atoms with Crippen LogP contribution in [-0.4, -0.2) is 11.3 Å². The summed E-state index contributed by atoms with van der Waals surface area (Å²) in [5.41, 5.74) is 12.6. The first-order valence-electron chi connectivity index (χ1n) is 3.96. The molecule has 0 fully saturated rings. The van der Waals surface area contributed by atoms with Crippen molar-refractivity contribution in [2.45, 2.75) is 19.1 Å². The smallest absolute Gasteiger partial charge is 0.102 e. The third-order valence-corrected chi connectivity index (χ3v) is 1.71. The molecule has 1 aromatic rings. The highest BCUT2D eigenvalue weighted by Crippen LogP contribution is 2.07. The normalized spacial score (nSPS) is 12.8. The summed E-state index contributed by atoms with van der Waals surface area (Å²) in [6.07, 6.45) is 0.657. The fourth-order valence-corrected chi connectivity index (χ4v) is 0.999. The van der Waals surface area contributed by atoms with E-state index in [-0.39, 0.29) is 0 Å². The molecular weight excluding hydrogens is 152 g/mol. The molecule has 0 amide bonds. The van der Waals surface area contributed by atoms with Gasteiger partial charge in [-0.05, 0) is 30.5 Å². The Morgan fingerprint density at radius 2 is 1.83 bits per heavy atom. The van der Waals surface area contributed by atoms with Gasteiger partial charge in [-0.25, -0.2) is 0 Å². The Balaban J connectivity index is 2.48. The van der Waals surface area contributed by atoms with Gasteiger partial charge >= 0.3 is 0 Å². The first-order valence-corrected chi connectivity index (χ1v) is 3.96. The topological polar surface area (TPSA) is 72.3 Å². The van der Waals surface area contributed by atoms with Crippen molar-refractivity contribution in [2.24, 2.45) is 5.73 Å². The molecule has 0 radical (unpaired) electrons. The molecule has 12 heavy (non-hydrogen) atoms. The molecule has 66 valence electrons. The average molecular weight is 166 g/mol. The van der Waals surface area contributed by atoms with Gasteiger partial charge in [0, 0.05) is 5.69 Å². The molecule has 0 saturated heterocycles. The number of anilines is 1. The Morgan fingerprint density at radius 3 is 2.33 bits per heavy atom.